The first-order valence-corrected chi connectivity index (χ1v) is 6.91. The quantitative estimate of drug-likeness (QED) is 0.834. The van der Waals surface area contributed by atoms with E-state index in [1.807, 2.05) is 0 Å². The Morgan fingerprint density at radius 3 is 2.57 bits per heavy atom. The fourth-order valence-electron chi connectivity index (χ4n) is 1.69. The van der Waals surface area contributed by atoms with Gasteiger partial charge in [0.1, 0.15) is 5.82 Å². The molecule has 0 aliphatic carbocycles. The van der Waals surface area contributed by atoms with Crippen LogP contribution >= 0.6 is 23.2 Å². The number of esters is 1. The fraction of sp³-hybridized carbons (Fsp3) is 0.143. The summed E-state index contributed by atoms with van der Waals surface area (Å²) < 4.78 is 4.94. The zero-order valence-corrected chi connectivity index (χ0v) is 12.7. The molecule has 0 aliphatic heterocycles. The van der Waals surface area contributed by atoms with E-state index in [0.29, 0.717) is 21.6 Å². The molecule has 7 heteroatoms. The number of halogens is 2. The van der Waals surface area contributed by atoms with Gasteiger partial charge in [-0.3, -0.25) is 0 Å². The van der Waals surface area contributed by atoms with Crippen molar-refractivity contribution in [2.45, 2.75) is 6.92 Å². The minimum atomic E-state index is -0.496. The van der Waals surface area contributed by atoms with E-state index in [1.54, 1.807) is 25.1 Å². The van der Waals surface area contributed by atoms with E-state index in [-0.39, 0.29) is 17.9 Å². The number of aromatic nitrogens is 1. The molecule has 110 valence electrons. The van der Waals surface area contributed by atoms with Crippen LogP contribution in [-0.2, 0) is 4.74 Å². The number of anilines is 3. The number of benzene rings is 1. The van der Waals surface area contributed by atoms with Crippen molar-refractivity contribution < 1.29 is 9.53 Å². The van der Waals surface area contributed by atoms with Crippen LogP contribution in [0.5, 0.6) is 0 Å². The molecule has 3 N–H and O–H groups in total. The Hall–Kier alpha value is -1.98. The Bertz CT molecular complexity index is 657. The number of carbonyl (C=O) groups is 1. The van der Waals surface area contributed by atoms with Gasteiger partial charge >= 0.3 is 5.97 Å². The summed E-state index contributed by atoms with van der Waals surface area (Å²) in [5, 5.41) is 3.99. The van der Waals surface area contributed by atoms with Gasteiger partial charge in [0.15, 0.2) is 0 Å². The number of pyridine rings is 1. The molecule has 1 heterocycles. The van der Waals surface area contributed by atoms with E-state index in [2.05, 4.69) is 10.3 Å². The molecular weight excluding hydrogens is 313 g/mol. The van der Waals surface area contributed by atoms with Gasteiger partial charge in [0, 0.05) is 15.7 Å². The van der Waals surface area contributed by atoms with E-state index in [1.165, 1.54) is 12.3 Å². The van der Waals surface area contributed by atoms with Gasteiger partial charge in [-0.2, -0.15) is 0 Å². The lowest BCUT2D eigenvalue weighted by atomic mass is 10.2. The maximum Gasteiger partial charge on any atom is 0.340 e. The van der Waals surface area contributed by atoms with Crippen LogP contribution in [0.2, 0.25) is 10.0 Å². The molecule has 0 amide bonds. The summed E-state index contributed by atoms with van der Waals surface area (Å²) >= 11 is 11.9. The Labute approximate surface area is 132 Å². The third-order valence-corrected chi connectivity index (χ3v) is 3.00. The summed E-state index contributed by atoms with van der Waals surface area (Å²) in [6.07, 6.45) is 1.39. The minimum absolute atomic E-state index is 0.252. The lowest BCUT2D eigenvalue weighted by Crippen LogP contribution is -2.09. The molecule has 21 heavy (non-hydrogen) atoms. The first kappa shape index (κ1) is 15.4. The maximum atomic E-state index is 11.8. The molecule has 5 nitrogen and oxygen atoms in total. The highest BCUT2D eigenvalue weighted by Crippen LogP contribution is 2.25. The first-order chi connectivity index (χ1) is 9.99. The van der Waals surface area contributed by atoms with E-state index < -0.39 is 5.97 Å². The second kappa shape index (κ2) is 6.65. The first-order valence-electron chi connectivity index (χ1n) is 6.15. The van der Waals surface area contributed by atoms with Crippen LogP contribution < -0.4 is 11.1 Å². The average Bonchev–Trinajstić information content (AvgIpc) is 2.40. The number of nitrogens with zero attached hydrogens (tertiary/aromatic N) is 1. The molecule has 2 rings (SSSR count). The summed E-state index contributed by atoms with van der Waals surface area (Å²) in [5.74, 6) is -0.0600. The molecule has 0 aliphatic rings. The largest absolute Gasteiger partial charge is 0.462 e. The van der Waals surface area contributed by atoms with Crippen molar-refractivity contribution in [1.82, 2.24) is 4.98 Å². The van der Waals surface area contributed by atoms with Crippen molar-refractivity contribution in [3.63, 3.8) is 0 Å². The maximum absolute atomic E-state index is 11.8. The van der Waals surface area contributed by atoms with Gasteiger partial charge in [0.2, 0.25) is 0 Å². The number of nitrogens with two attached hydrogens (primary N) is 1. The molecule has 0 spiro atoms. The number of hydrogen-bond donors (Lipinski definition) is 2. The Morgan fingerprint density at radius 2 is 1.95 bits per heavy atom. The standard InChI is InChI=1S/C14H13Cl2N3O2/c1-2-21-14(20)11-6-13(18-7-12(11)17)19-10-4-8(15)3-9(16)5-10/h3-7H,2,17H2,1H3,(H,18,19). The van der Waals surface area contributed by atoms with Crippen molar-refractivity contribution in [2.75, 3.05) is 17.7 Å². The van der Waals surface area contributed by atoms with Crippen molar-refractivity contribution >= 4 is 46.4 Å². The molecule has 1 aromatic carbocycles. The zero-order valence-electron chi connectivity index (χ0n) is 11.2. The summed E-state index contributed by atoms with van der Waals surface area (Å²) in [6, 6.07) is 6.52. The van der Waals surface area contributed by atoms with E-state index >= 15 is 0 Å². The Morgan fingerprint density at radius 1 is 1.29 bits per heavy atom. The number of carbonyl (C=O) groups excluding carboxylic acids is 1. The molecule has 1 aromatic heterocycles. The molecule has 0 saturated heterocycles. The normalized spacial score (nSPS) is 10.2. The molecule has 0 bridgehead atoms. The van der Waals surface area contributed by atoms with Crippen molar-refractivity contribution in [3.05, 3.63) is 46.1 Å². The monoisotopic (exact) mass is 325 g/mol. The SMILES string of the molecule is CCOC(=O)c1cc(Nc2cc(Cl)cc(Cl)c2)ncc1N. The molecule has 2 aromatic rings. The van der Waals surface area contributed by atoms with Crippen LogP contribution in [0.15, 0.2) is 30.5 Å². The lowest BCUT2D eigenvalue weighted by Gasteiger charge is -2.10. The van der Waals surface area contributed by atoms with Crippen LogP contribution in [0.3, 0.4) is 0 Å². The predicted molar refractivity (Wildman–Crippen MR) is 84.4 cm³/mol. The predicted octanol–water partition coefficient (Wildman–Crippen LogP) is 3.89. The third-order valence-electron chi connectivity index (χ3n) is 2.57. The molecular formula is C14H13Cl2N3O2. The van der Waals surface area contributed by atoms with Gasteiger partial charge in [0.05, 0.1) is 24.1 Å². The van der Waals surface area contributed by atoms with Gasteiger partial charge in [-0.05, 0) is 31.2 Å². The second-order valence-corrected chi connectivity index (χ2v) is 5.03. The van der Waals surface area contributed by atoms with Crippen LogP contribution in [0, 0.1) is 0 Å². The number of nitrogen functional groups attached to an aromatic ring is 1. The van der Waals surface area contributed by atoms with Crippen molar-refractivity contribution in [2.24, 2.45) is 0 Å². The molecule has 0 atom stereocenters. The zero-order chi connectivity index (χ0) is 15.4. The minimum Gasteiger partial charge on any atom is -0.462 e. The molecule has 0 unspecified atom stereocenters. The molecule has 0 radical (unpaired) electrons. The van der Waals surface area contributed by atoms with E-state index in [9.17, 15) is 4.79 Å². The second-order valence-electron chi connectivity index (χ2n) is 4.16. The van der Waals surface area contributed by atoms with Gasteiger partial charge < -0.3 is 15.8 Å². The number of rotatable bonds is 4. The van der Waals surface area contributed by atoms with Gasteiger partial charge in [-0.1, -0.05) is 23.2 Å². The van der Waals surface area contributed by atoms with Gasteiger partial charge in [-0.15, -0.1) is 0 Å². The van der Waals surface area contributed by atoms with E-state index in [0.717, 1.165) is 0 Å². The Kier molecular flexibility index (Phi) is 4.88. The van der Waals surface area contributed by atoms with Crippen LogP contribution in [0.4, 0.5) is 17.2 Å². The number of ether oxygens (including phenoxy) is 1. The van der Waals surface area contributed by atoms with Gasteiger partial charge in [-0.25, -0.2) is 9.78 Å². The highest BCUT2D eigenvalue weighted by molar-refractivity contribution is 6.35. The van der Waals surface area contributed by atoms with Crippen molar-refractivity contribution in [3.8, 4) is 0 Å². The number of hydrogen-bond acceptors (Lipinski definition) is 5. The summed E-state index contributed by atoms with van der Waals surface area (Å²) in [4.78, 5) is 15.9. The lowest BCUT2D eigenvalue weighted by molar-refractivity contribution is 0.0527. The van der Waals surface area contributed by atoms with Crippen molar-refractivity contribution in [1.29, 1.82) is 0 Å². The average molecular weight is 326 g/mol. The molecule has 0 saturated carbocycles. The summed E-state index contributed by atoms with van der Waals surface area (Å²) in [5.41, 5.74) is 6.89. The van der Waals surface area contributed by atoms with Crippen LogP contribution in [0.1, 0.15) is 17.3 Å². The van der Waals surface area contributed by atoms with Gasteiger partial charge in [0.25, 0.3) is 0 Å². The van der Waals surface area contributed by atoms with Crippen LogP contribution in [0.25, 0.3) is 0 Å². The summed E-state index contributed by atoms with van der Waals surface area (Å²) in [6.45, 7) is 2.00. The smallest absolute Gasteiger partial charge is 0.340 e. The summed E-state index contributed by atoms with van der Waals surface area (Å²) in [7, 11) is 0. The topological polar surface area (TPSA) is 77.2 Å². The Balaban J connectivity index is 2.28. The fourth-order valence-corrected chi connectivity index (χ4v) is 2.22. The van der Waals surface area contributed by atoms with Crippen LogP contribution in [-0.4, -0.2) is 17.6 Å². The van der Waals surface area contributed by atoms with E-state index in [4.69, 9.17) is 33.7 Å². The third kappa shape index (κ3) is 4.00. The highest BCUT2D eigenvalue weighted by atomic mass is 35.5. The molecule has 0 fully saturated rings. The highest BCUT2D eigenvalue weighted by Gasteiger charge is 2.12. The number of nitrogens with one attached hydrogen (secondary N) is 1.